The van der Waals surface area contributed by atoms with Crippen molar-refractivity contribution in [2.75, 3.05) is 13.1 Å². The number of carbonyl (C=O) groups excluding carboxylic acids is 2. The van der Waals surface area contributed by atoms with Gasteiger partial charge in [-0.3, -0.25) is 9.59 Å². The highest BCUT2D eigenvalue weighted by atomic mass is 16.2. The van der Waals surface area contributed by atoms with Crippen LogP contribution in [0.3, 0.4) is 0 Å². The van der Waals surface area contributed by atoms with Crippen LogP contribution < -0.4 is 11.1 Å². The molecule has 1 saturated heterocycles. The molecule has 3 N–H and O–H groups in total. The van der Waals surface area contributed by atoms with Crippen LogP contribution in [-0.2, 0) is 9.59 Å². The van der Waals surface area contributed by atoms with Crippen LogP contribution in [-0.4, -0.2) is 41.4 Å². The number of carbonyl (C=O) groups is 2. The number of hydrogen-bond donors (Lipinski definition) is 2. The van der Waals surface area contributed by atoms with E-state index in [9.17, 15) is 9.59 Å². The molecule has 0 aromatic heterocycles. The molecule has 3 rings (SSSR count). The molecule has 0 aromatic rings. The average Bonchev–Trinajstić information content (AvgIpc) is 3.31. The Morgan fingerprint density at radius 2 is 1.77 bits per heavy atom. The quantitative estimate of drug-likeness (QED) is 0.828. The van der Waals surface area contributed by atoms with Crippen LogP contribution in [0.5, 0.6) is 0 Å². The van der Waals surface area contributed by atoms with Gasteiger partial charge in [0.15, 0.2) is 0 Å². The van der Waals surface area contributed by atoms with E-state index in [1.807, 2.05) is 11.8 Å². The monoisotopic (exact) mass is 307 g/mol. The minimum Gasteiger partial charge on any atom is -0.353 e. The third kappa shape index (κ3) is 3.45. The van der Waals surface area contributed by atoms with Gasteiger partial charge in [0.25, 0.3) is 0 Å². The first-order valence-corrected chi connectivity index (χ1v) is 8.85. The summed E-state index contributed by atoms with van der Waals surface area (Å²) in [5, 5.41) is 3.13. The van der Waals surface area contributed by atoms with Crippen molar-refractivity contribution in [1.29, 1.82) is 0 Å². The Bertz CT molecular complexity index is 437. The first-order valence-electron chi connectivity index (χ1n) is 8.85. The zero-order chi connectivity index (χ0) is 15.7. The van der Waals surface area contributed by atoms with Crippen LogP contribution in [0.1, 0.15) is 58.3 Å². The number of piperidine rings is 1. The minimum atomic E-state index is -0.355. The molecule has 124 valence electrons. The van der Waals surface area contributed by atoms with Gasteiger partial charge in [-0.1, -0.05) is 12.8 Å². The van der Waals surface area contributed by atoms with Crippen molar-refractivity contribution in [3.8, 4) is 0 Å². The van der Waals surface area contributed by atoms with Gasteiger partial charge in [-0.05, 0) is 45.4 Å². The number of nitrogens with zero attached hydrogens (tertiary/aromatic N) is 1. The van der Waals surface area contributed by atoms with E-state index in [2.05, 4.69) is 5.32 Å². The van der Waals surface area contributed by atoms with E-state index < -0.39 is 0 Å². The molecule has 22 heavy (non-hydrogen) atoms. The second-order valence-corrected chi connectivity index (χ2v) is 7.69. The third-order valence-corrected chi connectivity index (χ3v) is 5.65. The van der Waals surface area contributed by atoms with Gasteiger partial charge in [-0.2, -0.15) is 0 Å². The van der Waals surface area contributed by atoms with E-state index in [0.29, 0.717) is 0 Å². The van der Waals surface area contributed by atoms with Gasteiger partial charge >= 0.3 is 0 Å². The number of hydrogen-bond acceptors (Lipinski definition) is 3. The summed E-state index contributed by atoms with van der Waals surface area (Å²) in [4.78, 5) is 26.6. The predicted molar refractivity (Wildman–Crippen MR) is 85.0 cm³/mol. The van der Waals surface area contributed by atoms with Crippen molar-refractivity contribution in [2.24, 2.45) is 17.6 Å². The Morgan fingerprint density at radius 1 is 1.09 bits per heavy atom. The molecule has 2 aliphatic carbocycles. The van der Waals surface area contributed by atoms with Gasteiger partial charge < -0.3 is 16.0 Å². The lowest BCUT2D eigenvalue weighted by molar-refractivity contribution is -0.140. The molecule has 1 aliphatic heterocycles. The maximum absolute atomic E-state index is 12.8. The Morgan fingerprint density at radius 3 is 2.36 bits per heavy atom. The standard InChI is InChI=1S/C17H29N3O2/c1-17(18)9-3-2-4-14(17)16(22)20-10-7-13(8-11-20)19-15(21)12-5-6-12/h12-14H,2-11,18H2,1H3,(H,19,21). The number of amides is 2. The second kappa shape index (κ2) is 6.19. The molecule has 2 amide bonds. The van der Waals surface area contributed by atoms with Crippen LogP contribution in [0.15, 0.2) is 0 Å². The van der Waals surface area contributed by atoms with E-state index in [0.717, 1.165) is 64.5 Å². The summed E-state index contributed by atoms with van der Waals surface area (Å²) in [7, 11) is 0. The molecule has 2 unspecified atom stereocenters. The van der Waals surface area contributed by atoms with Gasteiger partial charge in [0.05, 0.1) is 5.92 Å². The molecular weight excluding hydrogens is 278 g/mol. The van der Waals surface area contributed by atoms with Crippen molar-refractivity contribution in [3.63, 3.8) is 0 Å². The van der Waals surface area contributed by atoms with Gasteiger partial charge in [-0.15, -0.1) is 0 Å². The fourth-order valence-electron chi connectivity index (χ4n) is 3.89. The summed E-state index contributed by atoms with van der Waals surface area (Å²) in [5.41, 5.74) is 6.00. The van der Waals surface area contributed by atoms with Gasteiger partial charge in [-0.25, -0.2) is 0 Å². The van der Waals surface area contributed by atoms with E-state index in [1.165, 1.54) is 0 Å². The van der Waals surface area contributed by atoms with Crippen LogP contribution in [0.25, 0.3) is 0 Å². The van der Waals surface area contributed by atoms with Gasteiger partial charge in [0.2, 0.25) is 11.8 Å². The summed E-state index contributed by atoms with van der Waals surface area (Å²) < 4.78 is 0. The SMILES string of the molecule is CC1(N)CCCCC1C(=O)N1CCC(NC(=O)C2CC2)CC1. The Balaban J connectivity index is 1.49. The highest BCUT2D eigenvalue weighted by molar-refractivity contribution is 5.81. The molecular formula is C17H29N3O2. The Kier molecular flexibility index (Phi) is 4.44. The van der Waals surface area contributed by atoms with Crippen LogP contribution in [0.4, 0.5) is 0 Å². The molecule has 5 heteroatoms. The molecule has 3 fully saturated rings. The maximum Gasteiger partial charge on any atom is 0.227 e. The summed E-state index contributed by atoms with van der Waals surface area (Å²) in [6.07, 6.45) is 7.93. The molecule has 0 radical (unpaired) electrons. The maximum atomic E-state index is 12.8. The van der Waals surface area contributed by atoms with Crippen LogP contribution in [0, 0.1) is 11.8 Å². The molecule has 1 heterocycles. The van der Waals surface area contributed by atoms with Crippen molar-refractivity contribution < 1.29 is 9.59 Å². The molecule has 5 nitrogen and oxygen atoms in total. The lowest BCUT2D eigenvalue weighted by atomic mass is 9.74. The van der Waals surface area contributed by atoms with Crippen molar-refractivity contribution >= 4 is 11.8 Å². The smallest absolute Gasteiger partial charge is 0.227 e. The summed E-state index contributed by atoms with van der Waals surface area (Å²) in [5.74, 6) is 0.682. The molecule has 2 saturated carbocycles. The first-order chi connectivity index (χ1) is 10.5. The van der Waals surface area contributed by atoms with Gasteiger partial charge in [0, 0.05) is 30.6 Å². The van der Waals surface area contributed by atoms with E-state index >= 15 is 0 Å². The topological polar surface area (TPSA) is 75.4 Å². The lowest BCUT2D eigenvalue weighted by Crippen LogP contribution is -2.56. The first kappa shape index (κ1) is 15.8. The highest BCUT2D eigenvalue weighted by Crippen LogP contribution is 2.33. The number of nitrogens with two attached hydrogens (primary N) is 1. The van der Waals surface area contributed by atoms with Crippen molar-refractivity contribution in [1.82, 2.24) is 10.2 Å². The highest BCUT2D eigenvalue weighted by Gasteiger charge is 2.40. The average molecular weight is 307 g/mol. The molecule has 0 spiro atoms. The number of nitrogens with one attached hydrogen (secondary N) is 1. The summed E-state index contributed by atoms with van der Waals surface area (Å²) >= 11 is 0. The van der Waals surface area contributed by atoms with E-state index in [1.54, 1.807) is 0 Å². The molecule has 0 aromatic carbocycles. The van der Waals surface area contributed by atoms with Crippen molar-refractivity contribution in [2.45, 2.75) is 69.9 Å². The van der Waals surface area contributed by atoms with Crippen LogP contribution >= 0.6 is 0 Å². The minimum absolute atomic E-state index is 0.0288. The number of rotatable bonds is 3. The molecule has 2 atom stereocenters. The van der Waals surface area contributed by atoms with Gasteiger partial charge in [0.1, 0.15) is 0 Å². The summed E-state index contributed by atoms with van der Waals surface area (Å²) in [6, 6.07) is 0.243. The second-order valence-electron chi connectivity index (χ2n) is 7.69. The Labute approximate surface area is 133 Å². The van der Waals surface area contributed by atoms with E-state index in [4.69, 9.17) is 5.73 Å². The zero-order valence-corrected chi connectivity index (χ0v) is 13.6. The normalized spacial score (nSPS) is 33.5. The fraction of sp³-hybridized carbons (Fsp3) is 0.882. The lowest BCUT2D eigenvalue weighted by Gasteiger charge is -2.41. The fourth-order valence-corrected chi connectivity index (χ4v) is 3.89. The predicted octanol–water partition coefficient (Wildman–Crippen LogP) is 1.41. The summed E-state index contributed by atoms with van der Waals surface area (Å²) in [6.45, 7) is 3.53. The van der Waals surface area contributed by atoms with Crippen LogP contribution in [0.2, 0.25) is 0 Å². The molecule has 0 bridgehead atoms. The zero-order valence-electron chi connectivity index (χ0n) is 13.6. The van der Waals surface area contributed by atoms with E-state index in [-0.39, 0.29) is 35.2 Å². The molecule has 3 aliphatic rings. The van der Waals surface area contributed by atoms with Crippen molar-refractivity contribution in [3.05, 3.63) is 0 Å². The largest absolute Gasteiger partial charge is 0.353 e. The Hall–Kier alpha value is -1.10. The number of likely N-dealkylation sites (tertiary alicyclic amines) is 1. The third-order valence-electron chi connectivity index (χ3n) is 5.65.